The number of thioether (sulfide) groups is 1. The summed E-state index contributed by atoms with van der Waals surface area (Å²) >= 11 is 1.56. The summed E-state index contributed by atoms with van der Waals surface area (Å²) in [6.45, 7) is 11.3. The van der Waals surface area contributed by atoms with Crippen LogP contribution in [-0.4, -0.2) is 136 Å². The Morgan fingerprint density at radius 2 is 1.08 bits per heavy atom. The zero-order chi connectivity index (χ0) is 62.8. The summed E-state index contributed by atoms with van der Waals surface area (Å²) in [5.74, 6) is -9.88. The average Bonchev–Trinajstić information content (AvgIpc) is 3.58. The van der Waals surface area contributed by atoms with Gasteiger partial charge in [0.15, 0.2) is 0 Å². The number of amides is 10. The minimum absolute atomic E-state index is 0.0562. The molecule has 85 heavy (non-hydrogen) atoms. The largest absolute Gasteiger partial charge is 0.508 e. The molecule has 0 fully saturated rings. The van der Waals surface area contributed by atoms with Gasteiger partial charge in [-0.3, -0.25) is 52.7 Å². The topological polar surface area (TPSA) is 363 Å². The van der Waals surface area contributed by atoms with Crippen LogP contribution in [0.1, 0.15) is 109 Å². The molecule has 0 aliphatic carbocycles. The van der Waals surface area contributed by atoms with Crippen molar-refractivity contribution < 1.29 is 63.0 Å². The third-order valence-corrected chi connectivity index (χ3v) is 14.6. The molecular weight excluding hydrogens is 1110 g/mol. The third-order valence-electron chi connectivity index (χ3n) is 13.5. The maximum atomic E-state index is 14.6. The fraction of sp³-hybridized carbons (Fsp3) is 0.459. The van der Waals surface area contributed by atoms with Gasteiger partial charge in [0.1, 0.15) is 42.0 Å². The number of aliphatic carboxylic acids is 1. The molecular formula is C61H82N10O13S. The Kier molecular flexibility index (Phi) is 28.3. The van der Waals surface area contributed by atoms with Crippen molar-refractivity contribution in [3.63, 3.8) is 0 Å². The molecule has 0 saturated heterocycles. The lowest BCUT2D eigenvalue weighted by molar-refractivity contribution is -0.138. The molecule has 0 aromatic heterocycles. The summed E-state index contributed by atoms with van der Waals surface area (Å²) in [4.78, 5) is 148. The van der Waals surface area contributed by atoms with Gasteiger partial charge in [0.2, 0.25) is 53.2 Å². The number of nitrogens with two attached hydrogens (primary N) is 1. The zero-order valence-electron chi connectivity index (χ0n) is 49.2. The molecule has 4 aromatic rings. The van der Waals surface area contributed by atoms with Crippen LogP contribution in [0.2, 0.25) is 0 Å². The summed E-state index contributed by atoms with van der Waals surface area (Å²) in [5.41, 5.74) is 6.20. The van der Waals surface area contributed by atoms with Gasteiger partial charge >= 0.3 is 5.97 Å². The number of unbranched alkanes of at least 4 members (excludes halogenated alkanes) is 1. The number of nitrogens with one attached hydrogen (secondary N) is 9. The predicted molar refractivity (Wildman–Crippen MR) is 321 cm³/mol. The fourth-order valence-corrected chi connectivity index (χ4v) is 9.95. The van der Waals surface area contributed by atoms with Crippen molar-refractivity contribution in [3.05, 3.63) is 108 Å². The highest BCUT2D eigenvalue weighted by atomic mass is 32.2. The molecule has 460 valence electrons. The van der Waals surface area contributed by atoms with E-state index in [1.54, 1.807) is 83.6 Å². The van der Waals surface area contributed by atoms with Crippen LogP contribution in [0.25, 0.3) is 10.8 Å². The second-order valence-electron chi connectivity index (χ2n) is 21.9. The van der Waals surface area contributed by atoms with Crippen molar-refractivity contribution in [2.24, 2.45) is 23.5 Å². The molecule has 0 spiro atoms. The zero-order valence-corrected chi connectivity index (χ0v) is 50.0. The number of hydrogen-bond acceptors (Lipinski definition) is 13. The van der Waals surface area contributed by atoms with Crippen molar-refractivity contribution >= 4 is 87.6 Å². The first-order valence-electron chi connectivity index (χ1n) is 28.4. The van der Waals surface area contributed by atoms with Gasteiger partial charge in [-0.25, -0.2) is 0 Å². The van der Waals surface area contributed by atoms with Crippen molar-refractivity contribution in [1.82, 2.24) is 47.9 Å². The van der Waals surface area contributed by atoms with E-state index in [1.165, 1.54) is 24.3 Å². The lowest BCUT2D eigenvalue weighted by Gasteiger charge is -2.28. The van der Waals surface area contributed by atoms with Gasteiger partial charge in [-0.05, 0) is 103 Å². The van der Waals surface area contributed by atoms with Crippen LogP contribution < -0.4 is 53.6 Å². The van der Waals surface area contributed by atoms with Crippen LogP contribution in [0, 0.1) is 17.8 Å². The first-order valence-corrected chi connectivity index (χ1v) is 29.3. The number of carboxylic acids is 1. The summed E-state index contributed by atoms with van der Waals surface area (Å²) in [6, 6.07) is 19.9. The van der Waals surface area contributed by atoms with Crippen LogP contribution in [0.4, 0.5) is 0 Å². The number of rotatable bonds is 35. The average molecular weight is 1200 g/mol. The SMILES string of the molecule is CC(C)C[C@H](NC(=O)[C@@H](NC(=O)CNC(=O)c1ccccc1)C(C)C)C(=O)N[C@@H](CCCCNC(=O)CC(C)Sc1ccc2ccccc2c1)C(=O)N[C@@H](CCC(=O)O)C(=O)N[C@@H](Cc1ccc(O)cc1)C(=O)NCC(=O)N[C@H](C(N)=O)C(C)C. The molecule has 0 heterocycles. The Bertz CT molecular complexity index is 2940. The highest BCUT2D eigenvalue weighted by molar-refractivity contribution is 8.00. The van der Waals surface area contributed by atoms with Gasteiger partial charge in [-0.1, -0.05) is 109 Å². The number of phenolic OH excluding ortho intramolecular Hbond substituents is 1. The molecule has 1 unspecified atom stereocenters. The van der Waals surface area contributed by atoms with Gasteiger partial charge in [0.25, 0.3) is 5.91 Å². The number of carboxylic acid groups (broad SMARTS) is 1. The molecule has 7 atom stereocenters. The number of aromatic hydroxyl groups is 1. The Labute approximate surface area is 499 Å². The lowest BCUT2D eigenvalue weighted by atomic mass is 9.99. The van der Waals surface area contributed by atoms with Crippen LogP contribution in [0.5, 0.6) is 5.75 Å². The number of hydrogen-bond donors (Lipinski definition) is 12. The molecule has 23 nitrogen and oxygen atoms in total. The Morgan fingerprint density at radius 1 is 0.529 bits per heavy atom. The standard InChI is InChI=1S/C61H82N10O13S/c1-35(2)29-47(69-61(84)54(37(5)6)71-51(75)33-64-56(79)41-16-9-8-10-17-41)60(83)66-45(19-13-14-28-63-49(73)30-38(7)85-44-25-22-40-15-11-12-18-42(40)32-44)58(81)67-46(26-27-52(76)77)59(82)68-48(31-39-20-23-43(72)24-21-39)57(80)65-34-50(74)70-53(36(3)4)55(62)78/h8-12,15-18,20-25,32,35-38,45-48,53-54,72H,13-14,19,26-31,33-34H2,1-7H3,(H2,62,78)(H,63,73)(H,64,79)(H,65,80)(H,66,83)(H,67,81)(H,68,82)(H,69,84)(H,70,74)(H,71,75)(H,76,77)/t38?,45-,46-,47-,48-,53-,54-/m0/s1. The monoisotopic (exact) mass is 1190 g/mol. The second-order valence-corrected chi connectivity index (χ2v) is 23.4. The summed E-state index contributed by atoms with van der Waals surface area (Å²) < 4.78 is 0. The maximum absolute atomic E-state index is 14.6. The van der Waals surface area contributed by atoms with Gasteiger partial charge in [0.05, 0.1) is 13.1 Å². The van der Waals surface area contributed by atoms with Gasteiger partial charge in [0, 0.05) is 41.5 Å². The number of primary amides is 1. The van der Waals surface area contributed by atoms with Crippen LogP contribution >= 0.6 is 11.8 Å². The Morgan fingerprint density at radius 3 is 1.68 bits per heavy atom. The highest BCUT2D eigenvalue weighted by Gasteiger charge is 2.34. The molecule has 24 heteroatoms. The molecule has 0 saturated carbocycles. The molecule has 0 aliphatic heterocycles. The lowest BCUT2D eigenvalue weighted by Crippen LogP contribution is -2.60. The summed E-state index contributed by atoms with van der Waals surface area (Å²) in [5, 5.41) is 45.3. The van der Waals surface area contributed by atoms with E-state index in [4.69, 9.17) is 5.73 Å². The van der Waals surface area contributed by atoms with Crippen LogP contribution in [0.15, 0.2) is 102 Å². The number of carbonyl (C=O) groups excluding carboxylic acids is 10. The smallest absolute Gasteiger partial charge is 0.303 e. The molecule has 10 amide bonds. The minimum atomic E-state index is -1.64. The molecule has 4 aromatic carbocycles. The fourth-order valence-electron chi connectivity index (χ4n) is 8.91. The summed E-state index contributed by atoms with van der Waals surface area (Å²) in [6.07, 6.45) is -0.649. The van der Waals surface area contributed by atoms with Crippen molar-refractivity contribution in [3.8, 4) is 5.75 Å². The van der Waals surface area contributed by atoms with Crippen molar-refractivity contribution in [2.75, 3.05) is 19.6 Å². The summed E-state index contributed by atoms with van der Waals surface area (Å²) in [7, 11) is 0. The maximum Gasteiger partial charge on any atom is 0.303 e. The van der Waals surface area contributed by atoms with Gasteiger partial charge in [-0.15, -0.1) is 11.8 Å². The number of phenols is 1. The quantitative estimate of drug-likeness (QED) is 0.0233. The first kappa shape index (κ1) is 69.0. The van der Waals surface area contributed by atoms with E-state index in [1.807, 2.05) is 43.3 Å². The predicted octanol–water partition coefficient (Wildman–Crippen LogP) is 3.11. The molecule has 0 bridgehead atoms. The van der Waals surface area contributed by atoms with Crippen molar-refractivity contribution in [2.45, 2.75) is 146 Å². The van der Waals surface area contributed by atoms with Crippen LogP contribution in [-0.2, 0) is 54.4 Å². The van der Waals surface area contributed by atoms with Crippen LogP contribution in [0.3, 0.4) is 0 Å². The van der Waals surface area contributed by atoms with E-state index < -0.39 is 127 Å². The van der Waals surface area contributed by atoms with Gasteiger partial charge in [-0.2, -0.15) is 0 Å². The van der Waals surface area contributed by atoms with E-state index in [2.05, 4.69) is 53.9 Å². The second kappa shape index (κ2) is 34.9. The number of fused-ring (bicyclic) bond motifs is 1. The van der Waals surface area contributed by atoms with E-state index in [9.17, 15) is 63.0 Å². The normalized spacial score (nSPS) is 13.6. The number of carbonyl (C=O) groups is 11. The molecule has 4 rings (SSSR count). The van der Waals surface area contributed by atoms with E-state index in [0.717, 1.165) is 15.7 Å². The highest BCUT2D eigenvalue weighted by Crippen LogP contribution is 2.28. The van der Waals surface area contributed by atoms with E-state index in [-0.39, 0.29) is 67.4 Å². The third kappa shape index (κ3) is 24.7. The first-order chi connectivity index (χ1) is 40.3. The van der Waals surface area contributed by atoms with E-state index >= 15 is 0 Å². The molecule has 0 radical (unpaired) electrons. The Balaban J connectivity index is 1.55. The molecule has 0 aliphatic rings. The molecule has 13 N–H and O–H groups in total. The Hall–Kier alpha value is -8.54. The van der Waals surface area contributed by atoms with E-state index in [0.29, 0.717) is 17.5 Å². The minimum Gasteiger partial charge on any atom is -0.508 e. The van der Waals surface area contributed by atoms with Gasteiger partial charge < -0.3 is 63.8 Å². The number of benzene rings is 4. The van der Waals surface area contributed by atoms with Crippen molar-refractivity contribution in [1.29, 1.82) is 0 Å².